The first kappa shape index (κ1) is 19.2. The molecular formula is C18H27N3O4. The number of morpholine rings is 1. The second-order valence-corrected chi connectivity index (χ2v) is 7.04. The van der Waals surface area contributed by atoms with Crippen LogP contribution in [0.15, 0.2) is 24.4 Å². The minimum absolute atomic E-state index is 0.0522. The Morgan fingerprint density at radius 1 is 1.40 bits per heavy atom. The summed E-state index contributed by atoms with van der Waals surface area (Å²) in [6, 6.07) is 5.65. The van der Waals surface area contributed by atoms with Crippen molar-refractivity contribution in [3.8, 4) is 0 Å². The molecule has 1 atom stereocenters. The molecule has 1 aromatic rings. The van der Waals surface area contributed by atoms with Gasteiger partial charge in [0.25, 0.3) is 0 Å². The molecule has 0 bridgehead atoms. The predicted molar refractivity (Wildman–Crippen MR) is 93.1 cm³/mol. The zero-order chi connectivity index (χ0) is 18.3. The lowest BCUT2D eigenvalue weighted by Gasteiger charge is -2.34. The van der Waals surface area contributed by atoms with Gasteiger partial charge in [0.05, 0.1) is 19.3 Å². The predicted octanol–water partition coefficient (Wildman–Crippen LogP) is 1.77. The second kappa shape index (κ2) is 8.80. The number of ether oxygens (including phenoxy) is 2. The lowest BCUT2D eigenvalue weighted by molar-refractivity contribution is -0.122. The highest BCUT2D eigenvalue weighted by Gasteiger charge is 2.28. The Hall–Kier alpha value is -2.15. The number of pyridine rings is 1. The van der Waals surface area contributed by atoms with E-state index in [4.69, 9.17) is 9.47 Å². The van der Waals surface area contributed by atoms with Gasteiger partial charge in [-0.3, -0.25) is 9.78 Å². The van der Waals surface area contributed by atoms with Crippen LogP contribution in [0.3, 0.4) is 0 Å². The fraction of sp³-hybridized carbons (Fsp3) is 0.611. The van der Waals surface area contributed by atoms with E-state index in [0.29, 0.717) is 39.1 Å². The highest BCUT2D eigenvalue weighted by atomic mass is 16.6. The summed E-state index contributed by atoms with van der Waals surface area (Å²) in [6.07, 6.45) is 2.12. The third-order valence-electron chi connectivity index (χ3n) is 3.65. The van der Waals surface area contributed by atoms with Crippen molar-refractivity contribution in [1.82, 2.24) is 15.2 Å². The van der Waals surface area contributed by atoms with Crippen LogP contribution in [0.1, 0.15) is 32.9 Å². The Bertz CT molecular complexity index is 571. The SMILES string of the molecule is CC(C)(C)OC(=O)N1CCO[C@@H](CNC(=O)CCc2ccccn2)C1. The normalized spacial score (nSPS) is 17.9. The highest BCUT2D eigenvalue weighted by Crippen LogP contribution is 2.13. The van der Waals surface area contributed by atoms with E-state index in [-0.39, 0.29) is 18.1 Å². The number of hydrogen-bond acceptors (Lipinski definition) is 5. The third kappa shape index (κ3) is 7.09. The molecule has 2 amide bonds. The van der Waals surface area contributed by atoms with Crippen LogP contribution in [0.25, 0.3) is 0 Å². The molecule has 0 aromatic carbocycles. The van der Waals surface area contributed by atoms with Crippen LogP contribution in [-0.4, -0.2) is 59.8 Å². The lowest BCUT2D eigenvalue weighted by atomic mass is 10.2. The monoisotopic (exact) mass is 349 g/mol. The largest absolute Gasteiger partial charge is 0.444 e. The summed E-state index contributed by atoms with van der Waals surface area (Å²) in [4.78, 5) is 29.9. The molecule has 7 heteroatoms. The quantitative estimate of drug-likeness (QED) is 0.876. The smallest absolute Gasteiger partial charge is 0.410 e. The van der Waals surface area contributed by atoms with Crippen LogP contribution in [0, 0.1) is 0 Å². The van der Waals surface area contributed by atoms with Gasteiger partial charge in [-0.15, -0.1) is 0 Å². The van der Waals surface area contributed by atoms with Crippen molar-refractivity contribution in [3.05, 3.63) is 30.1 Å². The van der Waals surface area contributed by atoms with Crippen LogP contribution in [0.2, 0.25) is 0 Å². The van der Waals surface area contributed by atoms with Crippen LogP contribution in [0.4, 0.5) is 4.79 Å². The van der Waals surface area contributed by atoms with Crippen molar-refractivity contribution in [3.63, 3.8) is 0 Å². The summed E-state index contributed by atoms with van der Waals surface area (Å²) in [5.74, 6) is -0.0522. The van der Waals surface area contributed by atoms with E-state index in [1.807, 2.05) is 39.0 Å². The van der Waals surface area contributed by atoms with Gasteiger partial charge in [-0.05, 0) is 39.3 Å². The molecule has 0 spiro atoms. The molecule has 7 nitrogen and oxygen atoms in total. The van der Waals surface area contributed by atoms with Gasteiger partial charge in [-0.1, -0.05) is 6.07 Å². The van der Waals surface area contributed by atoms with Gasteiger partial charge in [-0.2, -0.15) is 0 Å². The average Bonchev–Trinajstić information content (AvgIpc) is 2.58. The number of aromatic nitrogens is 1. The summed E-state index contributed by atoms with van der Waals surface area (Å²) in [5.41, 5.74) is 0.368. The van der Waals surface area contributed by atoms with Crippen molar-refractivity contribution in [2.24, 2.45) is 0 Å². The number of rotatable bonds is 5. The molecule has 1 fully saturated rings. The van der Waals surface area contributed by atoms with Crippen molar-refractivity contribution < 1.29 is 19.1 Å². The molecule has 2 rings (SSSR count). The number of aryl methyl sites for hydroxylation is 1. The minimum atomic E-state index is -0.523. The molecule has 0 radical (unpaired) electrons. The average molecular weight is 349 g/mol. The third-order valence-corrected chi connectivity index (χ3v) is 3.65. The molecule has 2 heterocycles. The van der Waals surface area contributed by atoms with E-state index in [1.54, 1.807) is 11.1 Å². The van der Waals surface area contributed by atoms with Gasteiger partial charge >= 0.3 is 6.09 Å². The molecule has 1 aliphatic rings. The Kier molecular flexibility index (Phi) is 6.75. The molecule has 25 heavy (non-hydrogen) atoms. The van der Waals surface area contributed by atoms with Crippen LogP contribution in [0.5, 0.6) is 0 Å². The summed E-state index contributed by atoms with van der Waals surface area (Å²) >= 11 is 0. The van der Waals surface area contributed by atoms with E-state index in [9.17, 15) is 9.59 Å². The first-order valence-corrected chi connectivity index (χ1v) is 8.59. The number of nitrogens with zero attached hydrogens (tertiary/aromatic N) is 2. The van der Waals surface area contributed by atoms with Crippen molar-refractivity contribution in [2.75, 3.05) is 26.2 Å². The minimum Gasteiger partial charge on any atom is -0.444 e. The summed E-state index contributed by atoms with van der Waals surface area (Å²) < 4.78 is 11.0. The Morgan fingerprint density at radius 3 is 2.88 bits per heavy atom. The maximum Gasteiger partial charge on any atom is 0.410 e. The van der Waals surface area contributed by atoms with Gasteiger partial charge in [0, 0.05) is 31.4 Å². The Labute approximate surface area is 148 Å². The maximum absolute atomic E-state index is 12.1. The van der Waals surface area contributed by atoms with E-state index in [0.717, 1.165) is 5.69 Å². The van der Waals surface area contributed by atoms with Crippen molar-refractivity contribution in [1.29, 1.82) is 0 Å². The van der Waals surface area contributed by atoms with Gasteiger partial charge in [0.15, 0.2) is 0 Å². The van der Waals surface area contributed by atoms with Gasteiger partial charge < -0.3 is 19.7 Å². The maximum atomic E-state index is 12.1. The van der Waals surface area contributed by atoms with Crippen LogP contribution < -0.4 is 5.32 Å². The molecule has 1 N–H and O–H groups in total. The van der Waals surface area contributed by atoms with E-state index in [2.05, 4.69) is 10.3 Å². The highest BCUT2D eigenvalue weighted by molar-refractivity contribution is 5.76. The number of carbonyl (C=O) groups excluding carboxylic acids is 2. The lowest BCUT2D eigenvalue weighted by Crippen LogP contribution is -2.50. The first-order valence-electron chi connectivity index (χ1n) is 8.59. The summed E-state index contributed by atoms with van der Waals surface area (Å²) in [6.45, 7) is 7.24. The molecule has 0 aliphatic carbocycles. The van der Waals surface area contributed by atoms with E-state index in [1.165, 1.54) is 0 Å². The molecule has 1 aliphatic heterocycles. The van der Waals surface area contributed by atoms with Gasteiger partial charge in [-0.25, -0.2) is 4.79 Å². The molecule has 0 saturated carbocycles. The van der Waals surface area contributed by atoms with Crippen molar-refractivity contribution >= 4 is 12.0 Å². The van der Waals surface area contributed by atoms with Gasteiger partial charge in [0.2, 0.25) is 5.91 Å². The summed E-state index contributed by atoms with van der Waals surface area (Å²) in [7, 11) is 0. The van der Waals surface area contributed by atoms with E-state index < -0.39 is 5.60 Å². The molecule has 138 valence electrons. The standard InChI is InChI=1S/C18H27N3O4/c1-18(2,3)25-17(23)21-10-11-24-15(13-21)12-20-16(22)8-7-14-6-4-5-9-19-14/h4-6,9,15H,7-8,10-13H2,1-3H3,(H,20,22)/t15-/m0/s1. The molecular weight excluding hydrogens is 322 g/mol. The number of amides is 2. The summed E-state index contributed by atoms with van der Waals surface area (Å²) in [5, 5.41) is 2.86. The number of nitrogens with one attached hydrogen (secondary N) is 1. The topological polar surface area (TPSA) is 80.8 Å². The van der Waals surface area contributed by atoms with E-state index >= 15 is 0 Å². The fourth-order valence-corrected chi connectivity index (χ4v) is 2.44. The Morgan fingerprint density at radius 2 is 2.20 bits per heavy atom. The number of hydrogen-bond donors (Lipinski definition) is 1. The van der Waals surface area contributed by atoms with Crippen LogP contribution >= 0.6 is 0 Å². The second-order valence-electron chi connectivity index (χ2n) is 7.04. The molecule has 1 aromatic heterocycles. The van der Waals surface area contributed by atoms with Crippen LogP contribution in [-0.2, 0) is 20.7 Å². The zero-order valence-electron chi connectivity index (χ0n) is 15.2. The first-order chi connectivity index (χ1) is 11.8. The zero-order valence-corrected chi connectivity index (χ0v) is 15.2. The van der Waals surface area contributed by atoms with Crippen molar-refractivity contribution in [2.45, 2.75) is 45.3 Å². The molecule has 1 saturated heterocycles. The van der Waals surface area contributed by atoms with Gasteiger partial charge in [0.1, 0.15) is 5.60 Å². The molecule has 0 unspecified atom stereocenters. The fourth-order valence-electron chi connectivity index (χ4n) is 2.44. The Balaban J connectivity index is 1.71. The number of carbonyl (C=O) groups is 2.